The van der Waals surface area contributed by atoms with Gasteiger partial charge in [-0.15, -0.1) is 11.3 Å². The average molecular weight is 237 g/mol. The van der Waals surface area contributed by atoms with E-state index in [2.05, 4.69) is 53.5 Å². The minimum atomic E-state index is 1.07. The fraction of sp³-hybridized carbons (Fsp3) is 0. The highest BCUT2D eigenvalue weighted by atomic mass is 32.1. The molecule has 2 heteroatoms. The standard InChI is InChI=1S/C15H11NS/c1-2-4-12(5-3-1)13-6-8-14(9-7-13)15-16-10-11-17-15/h1-11H. The lowest BCUT2D eigenvalue weighted by molar-refractivity contribution is 1.41. The molecule has 1 heterocycles. The van der Waals surface area contributed by atoms with Crippen LogP contribution in [0.2, 0.25) is 0 Å². The van der Waals surface area contributed by atoms with Gasteiger partial charge in [0.2, 0.25) is 0 Å². The lowest BCUT2D eigenvalue weighted by atomic mass is 10.0. The van der Waals surface area contributed by atoms with Crippen molar-refractivity contribution in [3.63, 3.8) is 0 Å². The predicted octanol–water partition coefficient (Wildman–Crippen LogP) is 4.48. The van der Waals surface area contributed by atoms with E-state index >= 15 is 0 Å². The van der Waals surface area contributed by atoms with Crippen molar-refractivity contribution in [1.29, 1.82) is 0 Å². The molecule has 1 aromatic heterocycles. The molecule has 0 saturated heterocycles. The zero-order valence-corrected chi connectivity index (χ0v) is 10.0. The molecule has 0 saturated carbocycles. The van der Waals surface area contributed by atoms with Crippen LogP contribution in [0.1, 0.15) is 0 Å². The summed E-state index contributed by atoms with van der Waals surface area (Å²) >= 11 is 1.67. The lowest BCUT2D eigenvalue weighted by Crippen LogP contribution is -1.78. The van der Waals surface area contributed by atoms with Gasteiger partial charge in [0.15, 0.2) is 0 Å². The van der Waals surface area contributed by atoms with Crippen molar-refractivity contribution in [1.82, 2.24) is 4.98 Å². The summed E-state index contributed by atoms with van der Waals surface area (Å²) in [6.45, 7) is 0. The van der Waals surface area contributed by atoms with Crippen molar-refractivity contribution >= 4 is 11.3 Å². The molecule has 0 unspecified atom stereocenters. The normalized spacial score (nSPS) is 10.4. The van der Waals surface area contributed by atoms with Crippen LogP contribution in [0.15, 0.2) is 66.2 Å². The Morgan fingerprint density at radius 3 is 2.00 bits per heavy atom. The van der Waals surface area contributed by atoms with Gasteiger partial charge in [0.25, 0.3) is 0 Å². The fourth-order valence-corrected chi connectivity index (χ4v) is 2.45. The molecule has 3 rings (SSSR count). The highest BCUT2D eigenvalue weighted by molar-refractivity contribution is 7.13. The smallest absolute Gasteiger partial charge is 0.123 e. The van der Waals surface area contributed by atoms with E-state index in [-0.39, 0.29) is 0 Å². The van der Waals surface area contributed by atoms with E-state index in [0.717, 1.165) is 5.01 Å². The summed E-state index contributed by atoms with van der Waals surface area (Å²) < 4.78 is 0. The van der Waals surface area contributed by atoms with E-state index in [4.69, 9.17) is 0 Å². The van der Waals surface area contributed by atoms with Crippen molar-refractivity contribution in [3.05, 3.63) is 66.2 Å². The van der Waals surface area contributed by atoms with Gasteiger partial charge in [-0.1, -0.05) is 54.6 Å². The number of benzene rings is 2. The molecule has 17 heavy (non-hydrogen) atoms. The van der Waals surface area contributed by atoms with Crippen molar-refractivity contribution in [3.8, 4) is 21.7 Å². The molecule has 0 aliphatic rings. The zero-order valence-electron chi connectivity index (χ0n) is 9.21. The Labute approximate surface area is 104 Å². The number of nitrogens with zero attached hydrogens (tertiary/aromatic N) is 1. The Balaban J connectivity index is 1.96. The van der Waals surface area contributed by atoms with Crippen LogP contribution in [0, 0.1) is 0 Å². The molecular formula is C15H11NS. The number of thiazole rings is 1. The molecule has 0 fully saturated rings. The van der Waals surface area contributed by atoms with Gasteiger partial charge in [0.05, 0.1) is 0 Å². The summed E-state index contributed by atoms with van der Waals surface area (Å²) in [7, 11) is 0. The van der Waals surface area contributed by atoms with Gasteiger partial charge in [-0.2, -0.15) is 0 Å². The molecule has 0 atom stereocenters. The van der Waals surface area contributed by atoms with Gasteiger partial charge in [-0.05, 0) is 11.1 Å². The Bertz CT molecular complexity index is 583. The molecule has 0 radical (unpaired) electrons. The molecule has 0 aliphatic carbocycles. The molecule has 1 nitrogen and oxygen atoms in total. The third-order valence-corrected chi connectivity index (χ3v) is 3.49. The highest BCUT2D eigenvalue weighted by Gasteiger charge is 2.01. The van der Waals surface area contributed by atoms with Gasteiger partial charge in [-0.3, -0.25) is 0 Å². The van der Waals surface area contributed by atoms with E-state index in [9.17, 15) is 0 Å². The minimum Gasteiger partial charge on any atom is -0.245 e. The molecule has 0 N–H and O–H groups in total. The van der Waals surface area contributed by atoms with E-state index in [1.807, 2.05) is 17.6 Å². The fourth-order valence-electron chi connectivity index (χ4n) is 1.80. The number of hydrogen-bond donors (Lipinski definition) is 0. The van der Waals surface area contributed by atoms with Crippen LogP contribution in [0.5, 0.6) is 0 Å². The van der Waals surface area contributed by atoms with Crippen molar-refractivity contribution in [2.75, 3.05) is 0 Å². The molecular weight excluding hydrogens is 226 g/mol. The third kappa shape index (κ3) is 2.12. The largest absolute Gasteiger partial charge is 0.245 e. The van der Waals surface area contributed by atoms with Gasteiger partial charge in [0.1, 0.15) is 5.01 Å². The van der Waals surface area contributed by atoms with Gasteiger partial charge in [-0.25, -0.2) is 4.98 Å². The van der Waals surface area contributed by atoms with Gasteiger partial charge in [0, 0.05) is 17.1 Å². The van der Waals surface area contributed by atoms with Gasteiger partial charge < -0.3 is 0 Å². The maximum absolute atomic E-state index is 4.31. The topological polar surface area (TPSA) is 12.9 Å². The molecule has 0 spiro atoms. The first kappa shape index (κ1) is 10.2. The number of rotatable bonds is 2. The average Bonchev–Trinajstić information content (AvgIpc) is 2.94. The van der Waals surface area contributed by atoms with Crippen molar-refractivity contribution in [2.45, 2.75) is 0 Å². The summed E-state index contributed by atoms with van der Waals surface area (Å²) in [5.41, 5.74) is 3.67. The van der Waals surface area contributed by atoms with Crippen LogP contribution in [0.3, 0.4) is 0 Å². The molecule has 3 aromatic rings. The van der Waals surface area contributed by atoms with Crippen molar-refractivity contribution < 1.29 is 0 Å². The minimum absolute atomic E-state index is 1.07. The Kier molecular flexibility index (Phi) is 2.72. The van der Waals surface area contributed by atoms with E-state index in [1.165, 1.54) is 16.7 Å². The second-order valence-corrected chi connectivity index (χ2v) is 4.68. The van der Waals surface area contributed by atoms with Crippen LogP contribution in [0.4, 0.5) is 0 Å². The Morgan fingerprint density at radius 1 is 0.706 bits per heavy atom. The predicted molar refractivity (Wildman–Crippen MR) is 73.0 cm³/mol. The molecule has 0 amide bonds. The monoisotopic (exact) mass is 237 g/mol. The summed E-state index contributed by atoms with van der Waals surface area (Å²) in [6, 6.07) is 18.9. The molecule has 82 valence electrons. The first-order valence-electron chi connectivity index (χ1n) is 5.49. The second kappa shape index (κ2) is 4.52. The maximum Gasteiger partial charge on any atom is 0.123 e. The van der Waals surface area contributed by atoms with Crippen LogP contribution >= 0.6 is 11.3 Å². The zero-order chi connectivity index (χ0) is 11.5. The van der Waals surface area contributed by atoms with Crippen molar-refractivity contribution in [2.24, 2.45) is 0 Å². The summed E-state index contributed by atoms with van der Waals surface area (Å²) in [5, 5.41) is 3.07. The highest BCUT2D eigenvalue weighted by Crippen LogP contribution is 2.25. The molecule has 0 aliphatic heterocycles. The van der Waals surface area contributed by atoms with E-state index in [0.29, 0.717) is 0 Å². The first-order valence-corrected chi connectivity index (χ1v) is 6.37. The van der Waals surface area contributed by atoms with E-state index in [1.54, 1.807) is 11.3 Å². The maximum atomic E-state index is 4.31. The summed E-state index contributed by atoms with van der Waals surface area (Å²) in [4.78, 5) is 4.31. The molecule has 0 bridgehead atoms. The number of hydrogen-bond acceptors (Lipinski definition) is 2. The van der Waals surface area contributed by atoms with Gasteiger partial charge >= 0.3 is 0 Å². The lowest BCUT2D eigenvalue weighted by Gasteiger charge is -2.02. The van der Waals surface area contributed by atoms with Crippen LogP contribution in [-0.2, 0) is 0 Å². The Hall–Kier alpha value is -1.93. The quantitative estimate of drug-likeness (QED) is 0.640. The second-order valence-electron chi connectivity index (χ2n) is 3.78. The van der Waals surface area contributed by atoms with Crippen LogP contribution in [0.25, 0.3) is 21.7 Å². The summed E-state index contributed by atoms with van der Waals surface area (Å²) in [5.74, 6) is 0. The SMILES string of the molecule is c1ccc(-c2ccc(-c3nccs3)cc2)cc1. The molecule has 2 aromatic carbocycles. The number of aromatic nitrogens is 1. The van der Waals surface area contributed by atoms with E-state index < -0.39 is 0 Å². The van der Waals surface area contributed by atoms with Crippen LogP contribution in [-0.4, -0.2) is 4.98 Å². The summed E-state index contributed by atoms with van der Waals surface area (Å²) in [6.07, 6.45) is 1.84. The Morgan fingerprint density at radius 2 is 1.35 bits per heavy atom. The third-order valence-electron chi connectivity index (χ3n) is 2.67. The first-order chi connectivity index (χ1) is 8.43. The van der Waals surface area contributed by atoms with Crippen LogP contribution < -0.4 is 0 Å².